The molecule has 0 radical (unpaired) electrons. The van der Waals surface area contributed by atoms with E-state index in [9.17, 15) is 4.79 Å². The maximum absolute atomic E-state index is 11.5. The van der Waals surface area contributed by atoms with Crippen LogP contribution in [0.25, 0.3) is 33.2 Å². The van der Waals surface area contributed by atoms with Gasteiger partial charge in [-0.05, 0) is 43.1 Å². The van der Waals surface area contributed by atoms with Crippen LogP contribution in [0, 0.1) is 0 Å². The van der Waals surface area contributed by atoms with E-state index in [0.29, 0.717) is 0 Å². The van der Waals surface area contributed by atoms with E-state index in [0.717, 1.165) is 59.6 Å². The molecule has 0 saturated carbocycles. The van der Waals surface area contributed by atoms with Gasteiger partial charge in [-0.15, -0.1) is 0 Å². The van der Waals surface area contributed by atoms with E-state index in [4.69, 9.17) is 0 Å². The van der Waals surface area contributed by atoms with E-state index in [-0.39, 0.29) is 11.7 Å². The highest BCUT2D eigenvalue weighted by Crippen LogP contribution is 2.34. The zero-order valence-electron chi connectivity index (χ0n) is 16.3. The fourth-order valence-electron chi connectivity index (χ4n) is 4.64. The molecule has 8 nitrogen and oxygen atoms in total. The molecule has 150 valence electrons. The van der Waals surface area contributed by atoms with Crippen molar-refractivity contribution in [2.45, 2.75) is 25.4 Å². The monoisotopic (exact) mass is 399 g/mol. The number of hydrogen-bond acceptors (Lipinski definition) is 4. The molecule has 0 aliphatic carbocycles. The van der Waals surface area contributed by atoms with E-state index in [1.54, 1.807) is 0 Å². The summed E-state index contributed by atoms with van der Waals surface area (Å²) in [6.07, 6.45) is 2.08. The van der Waals surface area contributed by atoms with Crippen LogP contribution in [0.1, 0.15) is 30.3 Å². The fourth-order valence-corrected chi connectivity index (χ4v) is 4.64. The molecule has 0 spiro atoms. The first-order valence-corrected chi connectivity index (χ1v) is 10.2. The van der Waals surface area contributed by atoms with Crippen LogP contribution in [-0.2, 0) is 6.54 Å². The summed E-state index contributed by atoms with van der Waals surface area (Å²) in [5.74, 6) is 0.724. The molecular weight excluding hydrogens is 378 g/mol. The van der Waals surface area contributed by atoms with Gasteiger partial charge in [-0.25, -0.2) is 9.89 Å². The maximum Gasteiger partial charge on any atom is 0.340 e. The molecule has 6 rings (SSSR count). The van der Waals surface area contributed by atoms with Gasteiger partial charge in [0, 0.05) is 22.8 Å². The van der Waals surface area contributed by atoms with Crippen molar-refractivity contribution >= 4 is 21.8 Å². The van der Waals surface area contributed by atoms with Gasteiger partial charge >= 0.3 is 5.69 Å². The fraction of sp³-hybridized carbons (Fsp3) is 0.227. The average Bonchev–Trinajstić information content (AvgIpc) is 3.53. The summed E-state index contributed by atoms with van der Waals surface area (Å²) in [5.41, 5.74) is 5.06. The normalized spacial score (nSPS) is 17.4. The molecule has 5 aromatic rings. The number of para-hydroxylation sites is 1. The highest BCUT2D eigenvalue weighted by molar-refractivity contribution is 5.96. The van der Waals surface area contributed by atoms with Crippen molar-refractivity contribution in [3.8, 4) is 11.4 Å². The van der Waals surface area contributed by atoms with Crippen LogP contribution in [0.5, 0.6) is 0 Å². The first-order chi connectivity index (χ1) is 14.8. The molecule has 4 N–H and O–H groups in total. The average molecular weight is 399 g/mol. The first-order valence-electron chi connectivity index (χ1n) is 10.2. The third-order valence-electron chi connectivity index (χ3n) is 6.05. The summed E-state index contributed by atoms with van der Waals surface area (Å²) in [7, 11) is 0. The SMILES string of the molecule is O=c1[nH]nc(C2CCCN2Cc2cccc3[nH]c(-c4n[nH]c5ccccc45)cc23)[nH]1. The van der Waals surface area contributed by atoms with E-state index in [1.807, 2.05) is 18.2 Å². The third kappa shape index (κ3) is 2.76. The number of benzene rings is 2. The van der Waals surface area contributed by atoms with Gasteiger partial charge in [-0.1, -0.05) is 30.3 Å². The van der Waals surface area contributed by atoms with E-state index >= 15 is 0 Å². The van der Waals surface area contributed by atoms with Gasteiger partial charge < -0.3 is 4.98 Å². The smallest absolute Gasteiger partial charge is 0.340 e. The second-order valence-corrected chi connectivity index (χ2v) is 7.87. The summed E-state index contributed by atoms with van der Waals surface area (Å²) in [5, 5.41) is 16.6. The van der Waals surface area contributed by atoms with Crippen LogP contribution in [0.3, 0.4) is 0 Å². The Hall–Kier alpha value is -3.65. The van der Waals surface area contributed by atoms with Crippen molar-refractivity contribution in [3.05, 3.63) is 70.4 Å². The third-order valence-corrected chi connectivity index (χ3v) is 6.05. The largest absolute Gasteiger partial charge is 0.353 e. The van der Waals surface area contributed by atoms with Gasteiger partial charge in [0.05, 0.1) is 17.3 Å². The van der Waals surface area contributed by atoms with Crippen molar-refractivity contribution < 1.29 is 0 Å². The summed E-state index contributed by atoms with van der Waals surface area (Å²) in [6, 6.07) is 16.8. The van der Waals surface area contributed by atoms with Gasteiger partial charge in [-0.3, -0.25) is 15.0 Å². The lowest BCUT2D eigenvalue weighted by Crippen LogP contribution is -2.24. The lowest BCUT2D eigenvalue weighted by atomic mass is 10.1. The molecular formula is C22H21N7O. The Morgan fingerprint density at radius 2 is 1.87 bits per heavy atom. The number of aromatic nitrogens is 6. The van der Waals surface area contributed by atoms with Crippen LogP contribution < -0.4 is 5.69 Å². The molecule has 0 bridgehead atoms. The minimum absolute atomic E-state index is 0.132. The Bertz CT molecular complexity index is 1410. The maximum atomic E-state index is 11.5. The summed E-state index contributed by atoms with van der Waals surface area (Å²) in [4.78, 5) is 20.2. The lowest BCUT2D eigenvalue weighted by molar-refractivity contribution is 0.241. The number of H-pyrrole nitrogens is 4. The molecule has 1 atom stereocenters. The Labute approximate surface area is 171 Å². The number of rotatable bonds is 4. The number of aromatic amines is 4. The second kappa shape index (κ2) is 6.70. The molecule has 30 heavy (non-hydrogen) atoms. The van der Waals surface area contributed by atoms with Gasteiger partial charge in [0.15, 0.2) is 0 Å². The molecule has 1 aliphatic heterocycles. The minimum Gasteiger partial charge on any atom is -0.353 e. The van der Waals surface area contributed by atoms with Crippen LogP contribution in [0.15, 0.2) is 53.3 Å². The Kier molecular flexibility index (Phi) is 3.85. The van der Waals surface area contributed by atoms with Gasteiger partial charge in [0.25, 0.3) is 0 Å². The molecule has 1 aliphatic rings. The molecule has 8 heteroatoms. The number of hydrogen-bond donors (Lipinski definition) is 4. The highest BCUT2D eigenvalue weighted by atomic mass is 16.1. The standard InChI is InChI=1S/C22H21N7O/c30-22-24-21(27-28-22)19-9-4-10-29(19)12-13-5-3-8-16-15(13)11-18(23-16)20-14-6-1-2-7-17(14)25-26-20/h1-3,5-8,11,19,23H,4,9-10,12H2,(H,25,26)(H2,24,27,28,30). The zero-order valence-corrected chi connectivity index (χ0v) is 16.3. The second-order valence-electron chi connectivity index (χ2n) is 7.87. The quantitative estimate of drug-likeness (QED) is 0.371. The lowest BCUT2D eigenvalue weighted by Gasteiger charge is -2.22. The van der Waals surface area contributed by atoms with Crippen LogP contribution in [0.2, 0.25) is 0 Å². The van der Waals surface area contributed by atoms with E-state index in [1.165, 1.54) is 10.9 Å². The molecule has 1 fully saturated rings. The first kappa shape index (κ1) is 17.2. The van der Waals surface area contributed by atoms with Crippen molar-refractivity contribution in [3.63, 3.8) is 0 Å². The molecule has 2 aromatic carbocycles. The molecule has 3 aromatic heterocycles. The molecule has 1 unspecified atom stereocenters. The highest BCUT2D eigenvalue weighted by Gasteiger charge is 2.29. The Balaban J connectivity index is 1.37. The van der Waals surface area contributed by atoms with Crippen molar-refractivity contribution in [1.82, 2.24) is 35.3 Å². The van der Waals surface area contributed by atoms with Gasteiger partial charge in [-0.2, -0.15) is 10.2 Å². The summed E-state index contributed by atoms with van der Waals surface area (Å²) >= 11 is 0. The van der Waals surface area contributed by atoms with Crippen LogP contribution in [0.4, 0.5) is 0 Å². The zero-order chi connectivity index (χ0) is 20.1. The number of nitrogens with zero attached hydrogens (tertiary/aromatic N) is 3. The number of likely N-dealkylation sites (tertiary alicyclic amines) is 1. The predicted octanol–water partition coefficient (Wildman–Crippen LogP) is 3.46. The van der Waals surface area contributed by atoms with Crippen LogP contribution >= 0.6 is 0 Å². The van der Waals surface area contributed by atoms with E-state index < -0.39 is 0 Å². The summed E-state index contributed by atoms with van der Waals surface area (Å²) < 4.78 is 0. The van der Waals surface area contributed by atoms with Gasteiger partial charge in [0.1, 0.15) is 11.5 Å². The predicted molar refractivity (Wildman–Crippen MR) is 115 cm³/mol. The molecule has 1 saturated heterocycles. The topological polar surface area (TPSA) is 109 Å². The Morgan fingerprint density at radius 3 is 2.77 bits per heavy atom. The van der Waals surface area contributed by atoms with Crippen molar-refractivity contribution in [2.75, 3.05) is 6.54 Å². The number of fused-ring (bicyclic) bond motifs is 2. The molecule has 4 heterocycles. The minimum atomic E-state index is -0.250. The van der Waals surface area contributed by atoms with E-state index in [2.05, 4.69) is 65.6 Å². The Morgan fingerprint density at radius 1 is 0.967 bits per heavy atom. The number of nitrogens with one attached hydrogen (secondary N) is 4. The van der Waals surface area contributed by atoms with Crippen molar-refractivity contribution in [2.24, 2.45) is 0 Å². The molecule has 0 amide bonds. The van der Waals surface area contributed by atoms with Gasteiger partial charge in [0.2, 0.25) is 0 Å². The van der Waals surface area contributed by atoms with Crippen molar-refractivity contribution in [1.29, 1.82) is 0 Å². The summed E-state index contributed by atoms with van der Waals surface area (Å²) in [6.45, 7) is 1.78. The van der Waals surface area contributed by atoms with Crippen LogP contribution in [-0.4, -0.2) is 41.8 Å².